The summed E-state index contributed by atoms with van der Waals surface area (Å²) in [5, 5.41) is 0. The fourth-order valence-electron chi connectivity index (χ4n) is 1.72. The van der Waals surface area contributed by atoms with Crippen LogP contribution in [0.15, 0.2) is 24.3 Å². The summed E-state index contributed by atoms with van der Waals surface area (Å²) < 4.78 is 0. The molecule has 0 nitrogen and oxygen atoms in total. The molecule has 0 aromatic carbocycles. The largest absolute Gasteiger partial charge is 0.0992 e. The van der Waals surface area contributed by atoms with Crippen LogP contribution in [0.2, 0.25) is 0 Å². The van der Waals surface area contributed by atoms with E-state index in [-0.39, 0.29) is 0 Å². The van der Waals surface area contributed by atoms with Crippen LogP contribution >= 0.6 is 0 Å². The molecule has 42 valence electrons. The van der Waals surface area contributed by atoms with Crippen molar-refractivity contribution in [1.82, 2.24) is 0 Å². The fraction of sp³-hybridized carbons (Fsp3) is 0.500. The average Bonchev–Trinajstić information content (AvgIpc) is 2.23. The van der Waals surface area contributed by atoms with Crippen LogP contribution in [0.3, 0.4) is 0 Å². The van der Waals surface area contributed by atoms with Crippen molar-refractivity contribution in [1.29, 1.82) is 0 Å². The second-order valence-electron chi connectivity index (χ2n) is 2.85. The van der Waals surface area contributed by atoms with Gasteiger partial charge in [0.25, 0.3) is 0 Å². The molecular formula is C8H10. The molecule has 2 aliphatic carbocycles. The van der Waals surface area contributed by atoms with Crippen molar-refractivity contribution in [3.8, 4) is 0 Å². The third-order valence-electron chi connectivity index (χ3n) is 2.22. The average molecular weight is 106 g/mol. The summed E-state index contributed by atoms with van der Waals surface area (Å²) in [6.45, 7) is 3.99. The highest BCUT2D eigenvalue weighted by Crippen LogP contribution is 2.41. The highest BCUT2D eigenvalue weighted by molar-refractivity contribution is 5.24. The summed E-state index contributed by atoms with van der Waals surface area (Å²) >= 11 is 0. The highest BCUT2D eigenvalue weighted by Gasteiger charge is 2.28. The molecule has 2 atom stereocenters. The molecule has 0 radical (unpaired) electrons. The van der Waals surface area contributed by atoms with E-state index in [1.807, 2.05) is 0 Å². The first-order valence-corrected chi connectivity index (χ1v) is 3.22. The standard InChI is InChI=1S/C8H10/c1-6-4-7-2-3-8(6)5-7/h2-3,7-8H,1,4-5H2/t7-,8+/m0/s1. The molecule has 0 unspecified atom stereocenters. The third-order valence-corrected chi connectivity index (χ3v) is 2.22. The van der Waals surface area contributed by atoms with Crippen molar-refractivity contribution < 1.29 is 0 Å². The third kappa shape index (κ3) is 0.405. The van der Waals surface area contributed by atoms with Gasteiger partial charge in [-0.05, 0) is 24.7 Å². The molecule has 0 aromatic heterocycles. The molecule has 0 amide bonds. The lowest BCUT2D eigenvalue weighted by molar-refractivity contribution is 0.693. The van der Waals surface area contributed by atoms with Gasteiger partial charge in [-0.3, -0.25) is 0 Å². The molecule has 2 rings (SSSR count). The first-order chi connectivity index (χ1) is 3.86. The van der Waals surface area contributed by atoms with Crippen molar-refractivity contribution >= 4 is 0 Å². The van der Waals surface area contributed by atoms with Crippen LogP contribution in [-0.4, -0.2) is 0 Å². The molecule has 8 heavy (non-hydrogen) atoms. The maximum atomic E-state index is 3.99. The number of allylic oxidation sites excluding steroid dienone is 3. The quantitative estimate of drug-likeness (QED) is 0.415. The number of hydrogen-bond acceptors (Lipinski definition) is 0. The lowest BCUT2D eigenvalue weighted by Crippen LogP contribution is -1.88. The van der Waals surface area contributed by atoms with E-state index in [0.717, 1.165) is 11.8 Å². The zero-order chi connectivity index (χ0) is 5.56. The SMILES string of the molecule is C=C1C[C@@H]2C=C[C@@H]1C2. The fourth-order valence-corrected chi connectivity index (χ4v) is 1.72. The van der Waals surface area contributed by atoms with Crippen LogP contribution < -0.4 is 0 Å². The van der Waals surface area contributed by atoms with Gasteiger partial charge in [0.15, 0.2) is 0 Å². The molecule has 1 saturated carbocycles. The molecule has 0 spiro atoms. The molecule has 0 aliphatic heterocycles. The van der Waals surface area contributed by atoms with Gasteiger partial charge in [0.1, 0.15) is 0 Å². The minimum absolute atomic E-state index is 0.764. The van der Waals surface area contributed by atoms with Crippen LogP contribution in [0.1, 0.15) is 12.8 Å². The number of hydrogen-bond donors (Lipinski definition) is 0. The Morgan fingerprint density at radius 3 is 2.62 bits per heavy atom. The van der Waals surface area contributed by atoms with Crippen molar-refractivity contribution in [2.75, 3.05) is 0 Å². The Morgan fingerprint density at radius 1 is 1.50 bits per heavy atom. The second-order valence-corrected chi connectivity index (χ2v) is 2.85. The van der Waals surface area contributed by atoms with E-state index in [0.29, 0.717) is 0 Å². The topological polar surface area (TPSA) is 0 Å². The van der Waals surface area contributed by atoms with E-state index in [9.17, 15) is 0 Å². The van der Waals surface area contributed by atoms with Crippen molar-refractivity contribution in [2.24, 2.45) is 11.8 Å². The maximum Gasteiger partial charge on any atom is -0.00199 e. The van der Waals surface area contributed by atoms with Crippen LogP contribution in [0, 0.1) is 11.8 Å². The van der Waals surface area contributed by atoms with Gasteiger partial charge in [-0.2, -0.15) is 0 Å². The Bertz CT molecular complexity index is 153. The van der Waals surface area contributed by atoms with Gasteiger partial charge in [-0.25, -0.2) is 0 Å². The summed E-state index contributed by atoms with van der Waals surface area (Å²) in [6, 6.07) is 0. The van der Waals surface area contributed by atoms with Crippen LogP contribution in [0.5, 0.6) is 0 Å². The van der Waals surface area contributed by atoms with Gasteiger partial charge in [0, 0.05) is 0 Å². The van der Waals surface area contributed by atoms with Gasteiger partial charge in [-0.1, -0.05) is 24.3 Å². The molecule has 0 saturated heterocycles. The Kier molecular flexibility index (Phi) is 0.682. The summed E-state index contributed by atoms with van der Waals surface area (Å²) in [4.78, 5) is 0. The summed E-state index contributed by atoms with van der Waals surface area (Å²) in [5.74, 6) is 1.63. The zero-order valence-electron chi connectivity index (χ0n) is 4.93. The van der Waals surface area contributed by atoms with Gasteiger partial charge in [0.05, 0.1) is 0 Å². The van der Waals surface area contributed by atoms with Crippen LogP contribution in [-0.2, 0) is 0 Å². The molecule has 2 aliphatic rings. The van der Waals surface area contributed by atoms with Crippen molar-refractivity contribution in [3.05, 3.63) is 24.3 Å². The smallest absolute Gasteiger partial charge is 0.00199 e. The van der Waals surface area contributed by atoms with Gasteiger partial charge in [-0.15, -0.1) is 0 Å². The summed E-state index contributed by atoms with van der Waals surface area (Å²) in [5.41, 5.74) is 1.46. The second kappa shape index (κ2) is 1.25. The predicted octanol–water partition coefficient (Wildman–Crippen LogP) is 2.14. The van der Waals surface area contributed by atoms with E-state index in [2.05, 4.69) is 18.7 Å². The van der Waals surface area contributed by atoms with E-state index in [1.165, 1.54) is 18.4 Å². The molecular weight excluding hydrogens is 96.1 g/mol. The minimum Gasteiger partial charge on any atom is -0.0992 e. The van der Waals surface area contributed by atoms with Gasteiger partial charge in [0.2, 0.25) is 0 Å². The van der Waals surface area contributed by atoms with Crippen LogP contribution in [0.4, 0.5) is 0 Å². The van der Waals surface area contributed by atoms with Crippen molar-refractivity contribution in [3.63, 3.8) is 0 Å². The van der Waals surface area contributed by atoms with Crippen LogP contribution in [0.25, 0.3) is 0 Å². The molecule has 0 N–H and O–H groups in total. The van der Waals surface area contributed by atoms with E-state index in [1.54, 1.807) is 0 Å². The minimum atomic E-state index is 0.764. The number of rotatable bonds is 0. The first-order valence-electron chi connectivity index (χ1n) is 3.22. The molecule has 0 heteroatoms. The van der Waals surface area contributed by atoms with Gasteiger partial charge < -0.3 is 0 Å². The normalized spacial score (nSPS) is 41.8. The van der Waals surface area contributed by atoms with E-state index in [4.69, 9.17) is 0 Å². The molecule has 1 fully saturated rings. The summed E-state index contributed by atoms with van der Waals surface area (Å²) in [7, 11) is 0. The Hall–Kier alpha value is -0.520. The lowest BCUT2D eigenvalue weighted by Gasteiger charge is -2.02. The maximum absolute atomic E-state index is 3.99. The molecule has 0 aromatic rings. The Morgan fingerprint density at radius 2 is 2.38 bits per heavy atom. The summed E-state index contributed by atoms with van der Waals surface area (Å²) in [6.07, 6.45) is 7.26. The molecule has 2 bridgehead atoms. The van der Waals surface area contributed by atoms with Gasteiger partial charge >= 0.3 is 0 Å². The highest BCUT2D eigenvalue weighted by atomic mass is 14.3. The van der Waals surface area contributed by atoms with E-state index >= 15 is 0 Å². The number of fused-ring (bicyclic) bond motifs is 2. The first kappa shape index (κ1) is 4.37. The lowest BCUT2D eigenvalue weighted by atomic mass is 10.0. The molecule has 0 heterocycles. The Balaban J connectivity index is 2.35. The Labute approximate surface area is 49.9 Å². The van der Waals surface area contributed by atoms with E-state index < -0.39 is 0 Å². The monoisotopic (exact) mass is 106 g/mol. The van der Waals surface area contributed by atoms with Crippen molar-refractivity contribution in [2.45, 2.75) is 12.8 Å². The zero-order valence-corrected chi connectivity index (χ0v) is 4.93. The predicted molar refractivity (Wildman–Crippen MR) is 34.5 cm³/mol.